The lowest BCUT2D eigenvalue weighted by atomic mass is 10.2. The summed E-state index contributed by atoms with van der Waals surface area (Å²) in [5, 5.41) is 5.19. The maximum Gasteiger partial charge on any atom is 0.279 e. The Morgan fingerprint density at radius 1 is 1.25 bits per heavy atom. The number of carbonyl (C=O) groups is 1. The standard InChI is InChI=1S/C18H13N3O5S2/c1-2-7-21-13-5-4-12(28(19,23)24)9-16(13)27-18(21)20-17(22)11-3-6-14-15(8-11)26-10-25-14/h1,3-6,8-9H,7,10H2,(H2,19,23,24). The van der Waals surface area contributed by atoms with Crippen LogP contribution in [0.1, 0.15) is 10.4 Å². The van der Waals surface area contributed by atoms with Gasteiger partial charge in [-0.25, -0.2) is 13.6 Å². The topological polar surface area (TPSA) is 113 Å². The van der Waals surface area contributed by atoms with Crippen molar-refractivity contribution in [2.45, 2.75) is 11.4 Å². The SMILES string of the molecule is C#CCn1c(=NC(=O)c2ccc3c(c2)OCO3)sc2cc(S(N)(=O)=O)ccc21. The van der Waals surface area contributed by atoms with Gasteiger partial charge in [-0.05, 0) is 36.4 Å². The number of carbonyl (C=O) groups excluding carboxylic acids is 1. The molecule has 1 aromatic heterocycles. The predicted octanol–water partition coefficient (Wildman–Crippen LogP) is 1.45. The molecule has 0 fully saturated rings. The highest BCUT2D eigenvalue weighted by molar-refractivity contribution is 7.89. The first-order chi connectivity index (χ1) is 13.4. The summed E-state index contributed by atoms with van der Waals surface area (Å²) in [5.74, 6) is 3.07. The molecule has 4 rings (SSSR count). The third-order valence-electron chi connectivity index (χ3n) is 4.05. The molecular weight excluding hydrogens is 402 g/mol. The molecule has 0 bridgehead atoms. The number of aromatic nitrogens is 1. The van der Waals surface area contributed by atoms with Crippen molar-refractivity contribution in [1.29, 1.82) is 0 Å². The van der Waals surface area contributed by atoms with E-state index < -0.39 is 15.9 Å². The lowest BCUT2D eigenvalue weighted by Gasteiger charge is -2.02. The fraction of sp³-hybridized carbons (Fsp3) is 0.111. The van der Waals surface area contributed by atoms with Crippen molar-refractivity contribution in [3.05, 3.63) is 46.8 Å². The lowest BCUT2D eigenvalue weighted by Crippen LogP contribution is -2.16. The molecule has 2 heterocycles. The highest BCUT2D eigenvalue weighted by atomic mass is 32.2. The van der Waals surface area contributed by atoms with Gasteiger partial charge in [0.25, 0.3) is 5.91 Å². The van der Waals surface area contributed by atoms with E-state index in [4.69, 9.17) is 21.0 Å². The van der Waals surface area contributed by atoms with Crippen LogP contribution in [0.3, 0.4) is 0 Å². The van der Waals surface area contributed by atoms with Crippen molar-refractivity contribution < 1.29 is 22.7 Å². The van der Waals surface area contributed by atoms with Crippen LogP contribution in [-0.4, -0.2) is 25.7 Å². The zero-order chi connectivity index (χ0) is 19.9. The molecule has 0 spiro atoms. The normalized spacial score (nSPS) is 13.6. The molecule has 1 aliphatic heterocycles. The minimum absolute atomic E-state index is 0.0252. The third-order valence-corrected chi connectivity index (χ3v) is 6.00. The Labute approximate surface area is 163 Å². The number of sulfonamides is 1. The molecule has 0 radical (unpaired) electrons. The number of fused-ring (bicyclic) bond motifs is 2. The Morgan fingerprint density at radius 2 is 2.04 bits per heavy atom. The molecule has 1 amide bonds. The number of thiazole rings is 1. The number of primary sulfonamides is 1. The second-order valence-corrected chi connectivity index (χ2v) is 8.40. The maximum absolute atomic E-state index is 12.6. The molecular formula is C18H13N3O5S2. The van der Waals surface area contributed by atoms with Crippen molar-refractivity contribution in [2.24, 2.45) is 10.1 Å². The van der Waals surface area contributed by atoms with Crippen LogP contribution in [0, 0.1) is 12.3 Å². The summed E-state index contributed by atoms with van der Waals surface area (Å²) in [6.45, 7) is 0.275. The van der Waals surface area contributed by atoms with Crippen molar-refractivity contribution in [2.75, 3.05) is 6.79 Å². The monoisotopic (exact) mass is 415 g/mol. The third kappa shape index (κ3) is 3.27. The number of rotatable bonds is 3. The van der Waals surface area contributed by atoms with Gasteiger partial charge in [-0.1, -0.05) is 17.3 Å². The zero-order valence-corrected chi connectivity index (χ0v) is 15.9. The van der Waals surface area contributed by atoms with E-state index in [9.17, 15) is 13.2 Å². The summed E-state index contributed by atoms with van der Waals surface area (Å²) in [7, 11) is -3.85. The number of ether oxygens (including phenoxy) is 2. The molecule has 28 heavy (non-hydrogen) atoms. The molecule has 8 nitrogen and oxygen atoms in total. The Hall–Kier alpha value is -3.13. The first-order valence-corrected chi connectivity index (χ1v) is 10.3. The molecule has 3 aromatic rings. The molecule has 0 unspecified atom stereocenters. The van der Waals surface area contributed by atoms with Gasteiger partial charge in [0.15, 0.2) is 16.3 Å². The average molecular weight is 415 g/mol. The quantitative estimate of drug-likeness (QED) is 0.651. The fourth-order valence-electron chi connectivity index (χ4n) is 2.74. The average Bonchev–Trinajstić information content (AvgIpc) is 3.25. The lowest BCUT2D eigenvalue weighted by molar-refractivity contribution is 0.0997. The highest BCUT2D eigenvalue weighted by Gasteiger charge is 2.17. The van der Waals surface area contributed by atoms with E-state index in [-0.39, 0.29) is 18.2 Å². The number of hydrogen-bond donors (Lipinski definition) is 1. The molecule has 0 saturated heterocycles. The largest absolute Gasteiger partial charge is 0.454 e. The zero-order valence-electron chi connectivity index (χ0n) is 14.3. The van der Waals surface area contributed by atoms with Crippen LogP contribution in [0.25, 0.3) is 10.2 Å². The number of nitrogens with two attached hydrogens (primary N) is 1. The van der Waals surface area contributed by atoms with E-state index >= 15 is 0 Å². The van der Waals surface area contributed by atoms with Crippen molar-refractivity contribution in [3.8, 4) is 23.8 Å². The molecule has 142 valence electrons. The van der Waals surface area contributed by atoms with Crippen LogP contribution in [0.2, 0.25) is 0 Å². The highest BCUT2D eigenvalue weighted by Crippen LogP contribution is 2.32. The maximum atomic E-state index is 12.6. The number of amides is 1. The van der Waals surface area contributed by atoms with E-state index in [0.29, 0.717) is 32.1 Å². The van der Waals surface area contributed by atoms with E-state index in [2.05, 4.69) is 10.9 Å². The van der Waals surface area contributed by atoms with Gasteiger partial charge in [0.05, 0.1) is 21.7 Å². The van der Waals surface area contributed by atoms with Gasteiger partial charge < -0.3 is 14.0 Å². The summed E-state index contributed by atoms with van der Waals surface area (Å²) < 4.78 is 36.0. The number of terminal acetylenes is 1. The van der Waals surface area contributed by atoms with Gasteiger partial charge in [-0.3, -0.25) is 4.79 Å². The number of benzene rings is 2. The van der Waals surface area contributed by atoms with Crippen molar-refractivity contribution >= 4 is 37.5 Å². The van der Waals surface area contributed by atoms with Crippen LogP contribution < -0.4 is 19.4 Å². The van der Waals surface area contributed by atoms with Crippen LogP contribution in [0.5, 0.6) is 11.5 Å². The van der Waals surface area contributed by atoms with Gasteiger partial charge in [0.1, 0.15) is 0 Å². The first kappa shape index (κ1) is 18.2. The van der Waals surface area contributed by atoms with Crippen molar-refractivity contribution in [1.82, 2.24) is 4.57 Å². The summed E-state index contributed by atoms with van der Waals surface area (Å²) >= 11 is 1.15. The smallest absolute Gasteiger partial charge is 0.279 e. The fourth-order valence-corrected chi connectivity index (χ4v) is 4.42. The van der Waals surface area contributed by atoms with Crippen molar-refractivity contribution in [3.63, 3.8) is 0 Å². The predicted molar refractivity (Wildman–Crippen MR) is 102 cm³/mol. The van der Waals surface area contributed by atoms with Gasteiger partial charge in [-0.15, -0.1) is 6.42 Å². The Balaban J connectivity index is 1.83. The molecule has 10 heteroatoms. The second-order valence-electron chi connectivity index (χ2n) is 5.83. The molecule has 1 aliphatic rings. The molecule has 0 saturated carbocycles. The van der Waals surface area contributed by atoms with Gasteiger partial charge in [-0.2, -0.15) is 4.99 Å². The number of hydrogen-bond acceptors (Lipinski definition) is 6. The minimum atomic E-state index is -3.85. The van der Waals surface area contributed by atoms with Crippen LogP contribution >= 0.6 is 11.3 Å². The van der Waals surface area contributed by atoms with E-state index in [1.165, 1.54) is 12.1 Å². The van der Waals surface area contributed by atoms with Gasteiger partial charge in [0.2, 0.25) is 16.8 Å². The van der Waals surface area contributed by atoms with E-state index in [1.807, 2.05) is 0 Å². The van der Waals surface area contributed by atoms with Crippen LogP contribution in [0.4, 0.5) is 0 Å². The van der Waals surface area contributed by atoms with Crippen LogP contribution in [-0.2, 0) is 16.6 Å². The first-order valence-electron chi connectivity index (χ1n) is 7.95. The van der Waals surface area contributed by atoms with E-state index in [1.54, 1.807) is 28.8 Å². The summed E-state index contributed by atoms with van der Waals surface area (Å²) in [5.41, 5.74) is 0.992. The Kier molecular flexibility index (Phi) is 4.43. The Morgan fingerprint density at radius 3 is 2.79 bits per heavy atom. The summed E-state index contributed by atoms with van der Waals surface area (Å²) in [6.07, 6.45) is 5.44. The van der Waals surface area contributed by atoms with Gasteiger partial charge >= 0.3 is 0 Å². The second kappa shape index (κ2) is 6.79. The molecule has 0 aliphatic carbocycles. The van der Waals surface area contributed by atoms with E-state index in [0.717, 1.165) is 11.3 Å². The number of nitrogens with zero attached hydrogens (tertiary/aromatic N) is 2. The molecule has 2 N–H and O–H groups in total. The minimum Gasteiger partial charge on any atom is -0.454 e. The molecule has 2 aromatic carbocycles. The van der Waals surface area contributed by atoms with Crippen LogP contribution in [0.15, 0.2) is 46.3 Å². The van der Waals surface area contributed by atoms with Gasteiger partial charge in [0, 0.05) is 5.56 Å². The Bertz CT molecular complexity index is 1330. The summed E-state index contributed by atoms with van der Waals surface area (Å²) in [6, 6.07) is 9.22. The summed E-state index contributed by atoms with van der Waals surface area (Å²) in [4.78, 5) is 17.1. The molecule has 0 atom stereocenters.